The van der Waals surface area contributed by atoms with E-state index in [1.54, 1.807) is 6.92 Å². The van der Waals surface area contributed by atoms with Crippen LogP contribution in [0.5, 0.6) is 0 Å². The standard InChI is InChI=1S/C17H22FN3/c1-5-8-19-17-16(18)13(4)20-15(21-17)10-14-7-6-11(2)12(3)9-14/h6-7,9H,5,8,10H2,1-4H3,(H,19,20,21). The third kappa shape index (κ3) is 3.78. The molecule has 0 bridgehead atoms. The number of hydrogen-bond donors (Lipinski definition) is 1. The second-order valence-corrected chi connectivity index (χ2v) is 5.41. The van der Waals surface area contributed by atoms with Gasteiger partial charge in [0.25, 0.3) is 0 Å². The fourth-order valence-corrected chi connectivity index (χ4v) is 2.15. The van der Waals surface area contributed by atoms with Crippen molar-refractivity contribution in [3.05, 3.63) is 52.2 Å². The average molecular weight is 287 g/mol. The molecular formula is C17H22FN3. The molecule has 2 rings (SSSR count). The number of hydrogen-bond acceptors (Lipinski definition) is 3. The van der Waals surface area contributed by atoms with Crippen LogP contribution in [0.15, 0.2) is 18.2 Å². The van der Waals surface area contributed by atoms with E-state index in [1.165, 1.54) is 11.1 Å². The molecule has 0 radical (unpaired) electrons. The maximum atomic E-state index is 14.0. The van der Waals surface area contributed by atoms with Crippen LogP contribution < -0.4 is 5.32 Å². The molecule has 0 unspecified atom stereocenters. The Morgan fingerprint density at radius 2 is 1.86 bits per heavy atom. The monoisotopic (exact) mass is 287 g/mol. The molecule has 0 aliphatic carbocycles. The highest BCUT2D eigenvalue weighted by atomic mass is 19.1. The Morgan fingerprint density at radius 1 is 1.10 bits per heavy atom. The largest absolute Gasteiger partial charge is 0.368 e. The van der Waals surface area contributed by atoms with E-state index in [0.717, 1.165) is 12.0 Å². The summed E-state index contributed by atoms with van der Waals surface area (Å²) in [5, 5.41) is 3.02. The maximum absolute atomic E-state index is 14.0. The molecule has 1 aromatic carbocycles. The van der Waals surface area contributed by atoms with Gasteiger partial charge in [0.15, 0.2) is 11.6 Å². The van der Waals surface area contributed by atoms with E-state index in [1.807, 2.05) is 6.92 Å². The van der Waals surface area contributed by atoms with Crippen LogP contribution in [0.25, 0.3) is 0 Å². The zero-order chi connectivity index (χ0) is 15.4. The van der Waals surface area contributed by atoms with Crippen molar-refractivity contribution >= 4 is 5.82 Å². The SMILES string of the molecule is CCCNc1nc(Cc2ccc(C)c(C)c2)nc(C)c1F. The Labute approximate surface area is 125 Å². The van der Waals surface area contributed by atoms with Gasteiger partial charge < -0.3 is 5.32 Å². The van der Waals surface area contributed by atoms with Crippen molar-refractivity contribution in [1.29, 1.82) is 0 Å². The number of aryl methyl sites for hydroxylation is 3. The summed E-state index contributed by atoms with van der Waals surface area (Å²) in [5.74, 6) is 0.603. The molecule has 1 aromatic heterocycles. The first-order valence-electron chi connectivity index (χ1n) is 7.34. The Balaban J connectivity index is 2.26. The Kier molecular flexibility index (Phi) is 4.89. The van der Waals surface area contributed by atoms with Crippen LogP contribution in [0.2, 0.25) is 0 Å². The van der Waals surface area contributed by atoms with Crippen molar-refractivity contribution in [1.82, 2.24) is 9.97 Å². The van der Waals surface area contributed by atoms with Crippen molar-refractivity contribution in [3.8, 4) is 0 Å². The van der Waals surface area contributed by atoms with Gasteiger partial charge in [-0.05, 0) is 43.9 Å². The molecule has 0 spiro atoms. The molecule has 0 amide bonds. The summed E-state index contributed by atoms with van der Waals surface area (Å²) < 4.78 is 14.0. The third-order valence-corrected chi connectivity index (χ3v) is 3.54. The second kappa shape index (κ2) is 6.66. The van der Waals surface area contributed by atoms with Gasteiger partial charge in [-0.3, -0.25) is 0 Å². The molecule has 0 saturated carbocycles. The zero-order valence-corrected chi connectivity index (χ0v) is 13.1. The zero-order valence-electron chi connectivity index (χ0n) is 13.1. The first-order chi connectivity index (χ1) is 10.0. The van der Waals surface area contributed by atoms with Crippen LogP contribution in [0, 0.1) is 26.6 Å². The lowest BCUT2D eigenvalue weighted by molar-refractivity contribution is 0.600. The number of anilines is 1. The van der Waals surface area contributed by atoms with Gasteiger partial charge in [-0.1, -0.05) is 25.1 Å². The average Bonchev–Trinajstić information content (AvgIpc) is 2.45. The van der Waals surface area contributed by atoms with Crippen LogP contribution in [0.1, 0.15) is 41.6 Å². The summed E-state index contributed by atoms with van der Waals surface area (Å²) in [7, 11) is 0. The number of rotatable bonds is 5. The van der Waals surface area contributed by atoms with Gasteiger partial charge in [0.2, 0.25) is 0 Å². The van der Waals surface area contributed by atoms with Gasteiger partial charge in [0.1, 0.15) is 5.82 Å². The minimum atomic E-state index is -0.354. The number of halogens is 1. The Hall–Kier alpha value is -1.97. The fourth-order valence-electron chi connectivity index (χ4n) is 2.15. The van der Waals surface area contributed by atoms with E-state index in [0.29, 0.717) is 30.3 Å². The first-order valence-corrected chi connectivity index (χ1v) is 7.34. The van der Waals surface area contributed by atoms with Gasteiger partial charge in [-0.15, -0.1) is 0 Å². The minimum absolute atomic E-state index is 0.309. The number of nitrogens with zero attached hydrogens (tertiary/aromatic N) is 2. The number of benzene rings is 1. The van der Waals surface area contributed by atoms with E-state index in [2.05, 4.69) is 47.3 Å². The smallest absolute Gasteiger partial charge is 0.186 e. The first kappa shape index (κ1) is 15.4. The van der Waals surface area contributed by atoms with Crippen LogP contribution in [0.3, 0.4) is 0 Å². The molecule has 1 N–H and O–H groups in total. The van der Waals surface area contributed by atoms with Crippen LogP contribution in [0.4, 0.5) is 10.2 Å². The van der Waals surface area contributed by atoms with Crippen LogP contribution >= 0.6 is 0 Å². The molecule has 21 heavy (non-hydrogen) atoms. The Bertz CT molecular complexity index is 638. The van der Waals surface area contributed by atoms with Gasteiger partial charge in [-0.25, -0.2) is 14.4 Å². The summed E-state index contributed by atoms with van der Waals surface area (Å²) in [5.41, 5.74) is 4.05. The van der Waals surface area contributed by atoms with Crippen molar-refractivity contribution in [3.63, 3.8) is 0 Å². The lowest BCUT2D eigenvalue weighted by Gasteiger charge is -2.10. The highest BCUT2D eigenvalue weighted by molar-refractivity contribution is 5.39. The highest BCUT2D eigenvalue weighted by Gasteiger charge is 2.11. The van der Waals surface area contributed by atoms with Crippen molar-refractivity contribution in [2.24, 2.45) is 0 Å². The molecule has 0 aliphatic rings. The fraction of sp³-hybridized carbons (Fsp3) is 0.412. The van der Waals surface area contributed by atoms with E-state index < -0.39 is 0 Å². The maximum Gasteiger partial charge on any atom is 0.186 e. The predicted molar refractivity (Wildman–Crippen MR) is 84.2 cm³/mol. The quantitative estimate of drug-likeness (QED) is 0.904. The van der Waals surface area contributed by atoms with Crippen LogP contribution in [-0.2, 0) is 6.42 Å². The molecule has 112 valence electrons. The molecule has 0 fully saturated rings. The molecule has 0 saturated heterocycles. The Morgan fingerprint density at radius 3 is 2.52 bits per heavy atom. The molecule has 4 heteroatoms. The van der Waals surface area contributed by atoms with Gasteiger partial charge in [-0.2, -0.15) is 0 Å². The molecular weight excluding hydrogens is 265 g/mol. The topological polar surface area (TPSA) is 37.8 Å². The predicted octanol–water partition coefficient (Wildman–Crippen LogP) is 3.95. The lowest BCUT2D eigenvalue weighted by atomic mass is 10.0. The lowest BCUT2D eigenvalue weighted by Crippen LogP contribution is -2.10. The van der Waals surface area contributed by atoms with E-state index in [9.17, 15) is 4.39 Å². The van der Waals surface area contributed by atoms with E-state index in [-0.39, 0.29) is 5.82 Å². The van der Waals surface area contributed by atoms with E-state index in [4.69, 9.17) is 0 Å². The van der Waals surface area contributed by atoms with E-state index >= 15 is 0 Å². The summed E-state index contributed by atoms with van der Waals surface area (Å²) in [6, 6.07) is 6.30. The number of nitrogens with one attached hydrogen (secondary N) is 1. The number of aromatic nitrogens is 2. The van der Waals surface area contributed by atoms with Crippen molar-refractivity contribution < 1.29 is 4.39 Å². The molecule has 1 heterocycles. The van der Waals surface area contributed by atoms with Crippen molar-refractivity contribution in [2.75, 3.05) is 11.9 Å². The highest BCUT2D eigenvalue weighted by Crippen LogP contribution is 2.17. The molecule has 0 aliphatic heterocycles. The van der Waals surface area contributed by atoms with Gasteiger partial charge in [0.05, 0.1) is 5.69 Å². The molecule has 0 atom stereocenters. The molecule has 2 aromatic rings. The second-order valence-electron chi connectivity index (χ2n) is 5.41. The van der Waals surface area contributed by atoms with Crippen LogP contribution in [-0.4, -0.2) is 16.5 Å². The minimum Gasteiger partial charge on any atom is -0.368 e. The summed E-state index contributed by atoms with van der Waals surface area (Å²) in [6.07, 6.45) is 1.54. The third-order valence-electron chi connectivity index (χ3n) is 3.54. The summed E-state index contributed by atoms with van der Waals surface area (Å²) in [4.78, 5) is 8.58. The van der Waals surface area contributed by atoms with Gasteiger partial charge in [0, 0.05) is 13.0 Å². The molecule has 3 nitrogen and oxygen atoms in total. The van der Waals surface area contributed by atoms with Crippen molar-refractivity contribution in [2.45, 2.75) is 40.5 Å². The summed E-state index contributed by atoms with van der Waals surface area (Å²) in [6.45, 7) is 8.59. The normalized spacial score (nSPS) is 10.7. The summed E-state index contributed by atoms with van der Waals surface area (Å²) >= 11 is 0. The van der Waals surface area contributed by atoms with Gasteiger partial charge >= 0.3 is 0 Å².